The predicted molar refractivity (Wildman–Crippen MR) is 109 cm³/mol. The lowest BCUT2D eigenvalue weighted by molar-refractivity contribution is -0.393. The van der Waals surface area contributed by atoms with Crippen molar-refractivity contribution in [2.75, 3.05) is 0 Å². The largest absolute Gasteiger partial charge is 0.505 e. The molecule has 3 aromatic carbocycles. The lowest BCUT2D eigenvalue weighted by Crippen LogP contribution is -2.00. The second-order valence-corrected chi connectivity index (χ2v) is 9.10. The Balaban J connectivity index is 2.27. The summed E-state index contributed by atoms with van der Waals surface area (Å²) >= 11 is 0. The van der Waals surface area contributed by atoms with Crippen LogP contribution in [0.25, 0.3) is 10.8 Å². The van der Waals surface area contributed by atoms with E-state index in [1.807, 2.05) is 0 Å². The lowest BCUT2D eigenvalue weighted by atomic mass is 10.1. The van der Waals surface area contributed by atoms with Crippen molar-refractivity contribution < 1.29 is 40.9 Å². The van der Waals surface area contributed by atoms with Crippen LogP contribution < -0.4 is 0 Å². The number of phenols is 1. The van der Waals surface area contributed by atoms with E-state index in [4.69, 9.17) is 4.55 Å². The van der Waals surface area contributed by atoms with Crippen molar-refractivity contribution in [1.29, 1.82) is 0 Å². The summed E-state index contributed by atoms with van der Waals surface area (Å²) in [6.45, 7) is 0. The van der Waals surface area contributed by atoms with Crippen molar-refractivity contribution in [3.8, 4) is 5.75 Å². The van der Waals surface area contributed by atoms with Crippen LogP contribution in [0.3, 0.4) is 0 Å². The highest BCUT2D eigenvalue weighted by atomic mass is 32.2. The fourth-order valence-electron chi connectivity index (χ4n) is 2.74. The summed E-state index contributed by atoms with van der Waals surface area (Å²) in [4.78, 5) is 18.5. The Morgan fingerprint density at radius 1 is 0.818 bits per heavy atom. The zero-order valence-corrected chi connectivity index (χ0v) is 17.4. The average molecular weight is 498 g/mol. The Bertz CT molecular complexity index is 1580. The van der Waals surface area contributed by atoms with Crippen LogP contribution in [0.2, 0.25) is 0 Å². The van der Waals surface area contributed by atoms with Gasteiger partial charge in [0.15, 0.2) is 11.4 Å². The van der Waals surface area contributed by atoms with Crippen molar-refractivity contribution in [2.24, 2.45) is 10.2 Å². The molecule has 3 aromatic rings. The van der Waals surface area contributed by atoms with E-state index >= 15 is 0 Å². The van der Waals surface area contributed by atoms with Crippen LogP contribution in [-0.4, -0.2) is 40.9 Å². The summed E-state index contributed by atoms with van der Waals surface area (Å²) in [6.07, 6.45) is 0. The normalized spacial score (nSPS) is 12.3. The molecule has 0 heterocycles. The number of nitro groups is 2. The number of hydrogen-bond donors (Lipinski definition) is 3. The molecule has 0 spiro atoms. The molecule has 0 radical (unpaired) electrons. The first-order chi connectivity index (χ1) is 15.2. The highest BCUT2D eigenvalue weighted by molar-refractivity contribution is 7.86. The van der Waals surface area contributed by atoms with Gasteiger partial charge in [-0.25, -0.2) is 0 Å². The molecule has 0 fully saturated rings. The van der Waals surface area contributed by atoms with Crippen LogP contribution in [0.5, 0.6) is 5.75 Å². The number of aromatic hydroxyl groups is 1. The zero-order valence-electron chi connectivity index (χ0n) is 15.8. The maximum absolute atomic E-state index is 11.8. The number of nitro benzene ring substituents is 2. The Morgan fingerprint density at radius 2 is 1.48 bits per heavy atom. The quantitative estimate of drug-likeness (QED) is 0.193. The molecule has 0 saturated heterocycles. The molecule has 3 N–H and O–H groups in total. The van der Waals surface area contributed by atoms with Crippen LogP contribution in [-0.2, 0) is 20.2 Å². The molecule has 0 aromatic heterocycles. The third kappa shape index (κ3) is 4.75. The maximum atomic E-state index is 11.8. The van der Waals surface area contributed by atoms with E-state index in [1.54, 1.807) is 0 Å². The fraction of sp³-hybridized carbons (Fsp3) is 0. The van der Waals surface area contributed by atoms with E-state index in [1.165, 1.54) is 0 Å². The number of nitrogens with zero attached hydrogens (tertiary/aromatic N) is 4. The van der Waals surface area contributed by atoms with Crippen LogP contribution in [0.15, 0.2) is 62.5 Å². The third-order valence-electron chi connectivity index (χ3n) is 4.22. The molecule has 0 amide bonds. The number of rotatable bonds is 6. The first-order valence-corrected chi connectivity index (χ1v) is 11.2. The standard InChI is InChI=1S/C16H10N4O11S2/c21-16-11-3-2-10(32(26,27)28)5-8(11)6-14(33(29,30)31)15(16)18-17-12-4-1-9(19(22)23)7-13(12)20(24)25/h1-7,21H,(H,26,27,28)(H,29,30,31). The van der Waals surface area contributed by atoms with Gasteiger partial charge >= 0.3 is 5.69 Å². The van der Waals surface area contributed by atoms with Gasteiger partial charge in [0, 0.05) is 11.5 Å². The summed E-state index contributed by atoms with van der Waals surface area (Å²) in [5.74, 6) is -0.893. The molecule has 0 aliphatic rings. The van der Waals surface area contributed by atoms with E-state index in [0.717, 1.165) is 36.4 Å². The summed E-state index contributed by atoms with van der Waals surface area (Å²) < 4.78 is 65.0. The fourth-order valence-corrected chi connectivity index (χ4v) is 3.92. The number of benzene rings is 3. The summed E-state index contributed by atoms with van der Waals surface area (Å²) in [7, 11) is -9.78. The second-order valence-electron chi connectivity index (χ2n) is 6.29. The molecule has 33 heavy (non-hydrogen) atoms. The summed E-state index contributed by atoms with van der Waals surface area (Å²) in [5, 5.41) is 39.1. The van der Waals surface area contributed by atoms with Gasteiger partial charge in [-0.05, 0) is 35.7 Å². The molecule has 0 aliphatic carbocycles. The minimum Gasteiger partial charge on any atom is -0.505 e. The SMILES string of the molecule is O=[N+]([O-])c1ccc(N=Nc2c(S(=O)(=O)O)cc3cc(S(=O)(=O)O)ccc3c2O)c([N+](=O)[O-])c1. The number of phenolic OH excluding ortho intramolecular Hbond substituents is 1. The molecular formula is C16H10N4O11S2. The molecule has 3 rings (SSSR count). The first kappa shape index (κ1) is 23.6. The van der Waals surface area contributed by atoms with Gasteiger partial charge in [-0.1, -0.05) is 0 Å². The predicted octanol–water partition coefficient (Wildman–Crippen LogP) is 3.27. The van der Waals surface area contributed by atoms with E-state index in [-0.39, 0.29) is 10.8 Å². The second kappa shape index (κ2) is 8.13. The number of non-ortho nitro benzene ring substituents is 1. The van der Waals surface area contributed by atoms with Crippen molar-refractivity contribution in [2.45, 2.75) is 9.79 Å². The molecular weight excluding hydrogens is 488 g/mol. The highest BCUT2D eigenvalue weighted by Crippen LogP contribution is 2.42. The van der Waals surface area contributed by atoms with Gasteiger partial charge in [-0.2, -0.15) is 16.8 Å². The molecule has 172 valence electrons. The van der Waals surface area contributed by atoms with Crippen LogP contribution in [0.4, 0.5) is 22.7 Å². The number of fused-ring (bicyclic) bond motifs is 1. The van der Waals surface area contributed by atoms with Gasteiger partial charge in [0.25, 0.3) is 25.9 Å². The van der Waals surface area contributed by atoms with E-state index in [0.29, 0.717) is 6.07 Å². The van der Waals surface area contributed by atoms with Crippen LogP contribution >= 0.6 is 0 Å². The number of azo groups is 1. The summed E-state index contributed by atoms with van der Waals surface area (Å²) in [6, 6.07) is 5.79. The van der Waals surface area contributed by atoms with Gasteiger partial charge in [-0.3, -0.25) is 29.3 Å². The minimum atomic E-state index is -5.09. The first-order valence-electron chi connectivity index (χ1n) is 8.29. The highest BCUT2D eigenvalue weighted by Gasteiger charge is 2.24. The van der Waals surface area contributed by atoms with Crippen molar-refractivity contribution in [1.82, 2.24) is 0 Å². The summed E-state index contributed by atoms with van der Waals surface area (Å²) in [5.41, 5.74) is -2.85. The maximum Gasteiger partial charge on any atom is 0.303 e. The molecule has 0 unspecified atom stereocenters. The molecule has 15 nitrogen and oxygen atoms in total. The minimum absolute atomic E-state index is 0.165. The topological polar surface area (TPSA) is 240 Å². The van der Waals surface area contributed by atoms with Gasteiger partial charge in [-0.15, -0.1) is 10.2 Å². The Kier molecular flexibility index (Phi) is 5.81. The Hall–Kier alpha value is -4.06. The monoisotopic (exact) mass is 498 g/mol. The van der Waals surface area contributed by atoms with Gasteiger partial charge in [0.2, 0.25) is 0 Å². The Labute approximate surface area is 183 Å². The smallest absolute Gasteiger partial charge is 0.303 e. The Morgan fingerprint density at radius 3 is 2.03 bits per heavy atom. The zero-order chi connectivity index (χ0) is 24.7. The van der Waals surface area contributed by atoms with Gasteiger partial charge in [0.1, 0.15) is 10.6 Å². The molecule has 0 aliphatic heterocycles. The molecule has 0 bridgehead atoms. The molecule has 17 heteroatoms. The molecule has 0 atom stereocenters. The lowest BCUT2D eigenvalue weighted by Gasteiger charge is -2.09. The van der Waals surface area contributed by atoms with Crippen LogP contribution in [0, 0.1) is 20.2 Å². The van der Waals surface area contributed by atoms with E-state index < -0.39 is 68.4 Å². The van der Waals surface area contributed by atoms with E-state index in [2.05, 4.69) is 10.2 Å². The van der Waals surface area contributed by atoms with E-state index in [9.17, 15) is 46.7 Å². The van der Waals surface area contributed by atoms with Crippen molar-refractivity contribution in [3.63, 3.8) is 0 Å². The van der Waals surface area contributed by atoms with Crippen LogP contribution in [0.1, 0.15) is 0 Å². The van der Waals surface area contributed by atoms with Gasteiger partial charge < -0.3 is 5.11 Å². The van der Waals surface area contributed by atoms with Gasteiger partial charge in [0.05, 0.1) is 20.8 Å². The van der Waals surface area contributed by atoms with Crippen molar-refractivity contribution in [3.05, 3.63) is 62.7 Å². The average Bonchev–Trinajstić information content (AvgIpc) is 2.70. The number of hydrogen-bond acceptors (Lipinski definition) is 11. The molecule has 0 saturated carbocycles. The van der Waals surface area contributed by atoms with Crippen molar-refractivity contribution >= 4 is 53.8 Å². The third-order valence-corrected chi connectivity index (χ3v) is 5.94.